The van der Waals surface area contributed by atoms with E-state index < -0.39 is 37.7 Å². The van der Waals surface area contributed by atoms with E-state index in [9.17, 15) is 22.0 Å². The Balaban J connectivity index is 1.32. The number of esters is 1. The fraction of sp³-hybridized carbons (Fsp3) is 0.387. The minimum absolute atomic E-state index is 0.160. The maximum atomic E-state index is 13.9. The lowest BCUT2D eigenvalue weighted by Gasteiger charge is -2.62. The van der Waals surface area contributed by atoms with Crippen molar-refractivity contribution >= 4 is 27.0 Å². The van der Waals surface area contributed by atoms with Gasteiger partial charge in [-0.15, -0.1) is 0 Å². The van der Waals surface area contributed by atoms with E-state index in [4.69, 9.17) is 9.29 Å². The normalized spacial score (nSPS) is 27.8. The van der Waals surface area contributed by atoms with E-state index >= 15 is 0 Å². The highest BCUT2D eigenvalue weighted by atomic mass is 32.2. The molecule has 7 rings (SSSR count). The number of carbonyl (C=O) groups is 1. The average molecular weight is 587 g/mol. The number of carbonyl (C=O) groups excluding carboxylic acids is 1. The van der Waals surface area contributed by atoms with Gasteiger partial charge in [0.1, 0.15) is 0 Å². The van der Waals surface area contributed by atoms with Gasteiger partial charge in [0, 0.05) is 5.41 Å². The summed E-state index contributed by atoms with van der Waals surface area (Å²) in [6.45, 7) is -0.272. The van der Waals surface area contributed by atoms with Gasteiger partial charge in [-0.1, -0.05) is 48.5 Å². The molecular weight excluding hydrogens is 554 g/mol. The Morgan fingerprint density at radius 3 is 1.98 bits per heavy atom. The fourth-order valence-electron chi connectivity index (χ4n) is 7.94. The molecule has 40 heavy (non-hydrogen) atoms. The van der Waals surface area contributed by atoms with Crippen molar-refractivity contribution < 1.29 is 31.3 Å². The lowest BCUT2D eigenvalue weighted by Crippen LogP contribution is -2.56. The Bertz CT molecular complexity index is 1460. The van der Waals surface area contributed by atoms with Crippen molar-refractivity contribution in [2.24, 2.45) is 17.3 Å². The van der Waals surface area contributed by atoms with Crippen molar-refractivity contribution in [3.8, 4) is 0 Å². The summed E-state index contributed by atoms with van der Waals surface area (Å²) in [4.78, 5) is 15.8. The van der Waals surface area contributed by atoms with Gasteiger partial charge in [0.25, 0.3) is 0 Å². The van der Waals surface area contributed by atoms with E-state index in [2.05, 4.69) is 72.8 Å². The van der Waals surface area contributed by atoms with Crippen molar-refractivity contribution in [2.45, 2.75) is 63.9 Å². The molecule has 9 heteroatoms. The van der Waals surface area contributed by atoms with Crippen LogP contribution in [0, 0.1) is 17.3 Å². The van der Waals surface area contributed by atoms with Crippen LogP contribution in [0.25, 0.3) is 0 Å². The number of alkyl halides is 2. The first-order valence-electron chi connectivity index (χ1n) is 13.5. The molecule has 2 atom stereocenters. The van der Waals surface area contributed by atoms with E-state index in [1.807, 2.05) is 12.1 Å². The van der Waals surface area contributed by atoms with Crippen LogP contribution in [0.3, 0.4) is 0 Å². The van der Waals surface area contributed by atoms with Crippen LogP contribution < -0.4 is 0 Å². The zero-order valence-corrected chi connectivity index (χ0v) is 23.6. The van der Waals surface area contributed by atoms with Crippen molar-refractivity contribution in [3.05, 3.63) is 90.5 Å². The Labute approximate surface area is 236 Å². The largest absolute Gasteiger partial charge is 0.465 e. The molecule has 0 amide bonds. The first kappa shape index (κ1) is 27.4. The Kier molecular flexibility index (Phi) is 6.83. The Morgan fingerprint density at radius 2 is 1.43 bits per heavy atom. The van der Waals surface area contributed by atoms with Crippen molar-refractivity contribution in [2.75, 3.05) is 6.61 Å². The molecule has 3 aromatic rings. The van der Waals surface area contributed by atoms with E-state index in [-0.39, 0.29) is 12.0 Å². The second kappa shape index (κ2) is 9.96. The standard InChI is InChI=1S/C31H32F2O5S2/c32-31(33,40(35,36)37)28(34)38-21-29-16-22-14-23(17-29)19-30(18-22,20-29)24-8-7-13-27(15-24)39(25-9-3-1-4-10-25)26-11-5-2-6-12-26/h1-13,15,22-23,39H,14,16-21H2,(H,35,36,37). The number of benzene rings is 3. The van der Waals surface area contributed by atoms with Gasteiger partial charge in [0.05, 0.1) is 6.61 Å². The number of hydrogen-bond acceptors (Lipinski definition) is 4. The predicted molar refractivity (Wildman–Crippen MR) is 149 cm³/mol. The van der Waals surface area contributed by atoms with Gasteiger partial charge in [-0.25, -0.2) is 4.79 Å². The minimum Gasteiger partial charge on any atom is -0.460 e. The summed E-state index contributed by atoms with van der Waals surface area (Å²) in [6.07, 6.45) is 5.28. The van der Waals surface area contributed by atoms with Crippen molar-refractivity contribution in [1.29, 1.82) is 0 Å². The summed E-state index contributed by atoms with van der Waals surface area (Å²) in [7, 11) is -6.69. The summed E-state index contributed by atoms with van der Waals surface area (Å²) >= 11 is 0. The quantitative estimate of drug-likeness (QED) is 0.168. The molecule has 2 unspecified atom stereocenters. The molecule has 0 spiro atoms. The lowest BCUT2D eigenvalue weighted by molar-refractivity contribution is -0.173. The number of thiol groups is 1. The zero-order valence-electron chi connectivity index (χ0n) is 21.9. The van der Waals surface area contributed by atoms with E-state index in [1.165, 1.54) is 20.2 Å². The molecule has 0 radical (unpaired) electrons. The minimum atomic E-state index is -5.90. The highest BCUT2D eigenvalue weighted by Gasteiger charge is 2.60. The predicted octanol–water partition coefficient (Wildman–Crippen LogP) is 7.03. The smallest absolute Gasteiger partial charge is 0.460 e. The van der Waals surface area contributed by atoms with E-state index in [0.29, 0.717) is 18.3 Å². The van der Waals surface area contributed by atoms with Gasteiger partial charge in [-0.2, -0.15) is 28.1 Å². The van der Waals surface area contributed by atoms with Crippen LogP contribution in [0.5, 0.6) is 0 Å². The van der Waals surface area contributed by atoms with Gasteiger partial charge in [0.15, 0.2) is 0 Å². The zero-order chi connectivity index (χ0) is 28.2. The van der Waals surface area contributed by atoms with Crippen LogP contribution >= 0.6 is 10.9 Å². The molecule has 3 aromatic carbocycles. The summed E-state index contributed by atoms with van der Waals surface area (Å²) in [5.74, 6) is -1.44. The Hall–Kier alpha value is -2.75. The molecule has 4 fully saturated rings. The molecule has 0 aliphatic heterocycles. The van der Waals surface area contributed by atoms with Gasteiger partial charge < -0.3 is 4.74 Å². The molecule has 4 aliphatic rings. The van der Waals surface area contributed by atoms with Crippen molar-refractivity contribution in [3.63, 3.8) is 0 Å². The van der Waals surface area contributed by atoms with Crippen LogP contribution in [-0.4, -0.2) is 30.8 Å². The number of ether oxygens (including phenoxy) is 1. The molecule has 5 nitrogen and oxygen atoms in total. The average Bonchev–Trinajstić information content (AvgIpc) is 2.92. The van der Waals surface area contributed by atoms with E-state index in [0.717, 1.165) is 32.1 Å². The molecule has 0 heterocycles. The molecule has 212 valence electrons. The second-order valence-electron chi connectivity index (χ2n) is 11.9. The fourth-order valence-corrected chi connectivity index (χ4v) is 10.6. The summed E-state index contributed by atoms with van der Waals surface area (Å²) in [5, 5.41) is -4.98. The maximum Gasteiger partial charge on any atom is 0.465 e. The maximum absolute atomic E-state index is 13.9. The number of halogens is 2. The third-order valence-corrected chi connectivity index (χ3v) is 12.2. The summed E-state index contributed by atoms with van der Waals surface area (Å²) in [5.41, 5.74) is 0.582. The monoisotopic (exact) mass is 586 g/mol. The first-order chi connectivity index (χ1) is 19.0. The first-order valence-corrected chi connectivity index (χ1v) is 16.3. The Morgan fingerprint density at radius 1 is 0.875 bits per heavy atom. The van der Waals surface area contributed by atoms with Gasteiger partial charge in [-0.05, 0) is 112 Å². The summed E-state index contributed by atoms with van der Waals surface area (Å²) < 4.78 is 63.7. The molecular formula is C31H32F2O5S2. The number of hydrogen-bond donors (Lipinski definition) is 2. The summed E-state index contributed by atoms with van der Waals surface area (Å²) in [6, 6.07) is 29.8. The van der Waals surface area contributed by atoms with Crippen LogP contribution in [0.15, 0.2) is 99.6 Å². The molecule has 1 N–H and O–H groups in total. The number of rotatable bonds is 8. The van der Waals surface area contributed by atoms with Gasteiger partial charge in [0.2, 0.25) is 0 Å². The van der Waals surface area contributed by atoms with Gasteiger partial charge >= 0.3 is 21.3 Å². The SMILES string of the molecule is O=C(OCC12CC3CC(C1)CC(c1cccc([SH](c4ccccc4)c4ccccc4)c1)(C3)C2)C(F)(F)S(=O)(=O)O. The highest BCUT2D eigenvalue weighted by molar-refractivity contribution is 8.17. The highest BCUT2D eigenvalue weighted by Crippen LogP contribution is 2.66. The van der Waals surface area contributed by atoms with Gasteiger partial charge in [-0.3, -0.25) is 4.55 Å². The molecule has 0 saturated heterocycles. The molecule has 4 saturated carbocycles. The van der Waals surface area contributed by atoms with Crippen LogP contribution in [0.4, 0.5) is 8.78 Å². The van der Waals surface area contributed by atoms with Crippen LogP contribution in [-0.2, 0) is 25.1 Å². The molecule has 0 aromatic heterocycles. The van der Waals surface area contributed by atoms with Crippen LogP contribution in [0.2, 0.25) is 0 Å². The third kappa shape index (κ3) is 4.86. The molecule has 4 aliphatic carbocycles. The van der Waals surface area contributed by atoms with E-state index in [1.54, 1.807) is 0 Å². The second-order valence-corrected chi connectivity index (χ2v) is 15.5. The van der Waals surface area contributed by atoms with Crippen LogP contribution in [0.1, 0.15) is 44.1 Å². The third-order valence-electron chi connectivity index (χ3n) is 9.00. The molecule has 4 bridgehead atoms. The van der Waals surface area contributed by atoms with Crippen molar-refractivity contribution in [1.82, 2.24) is 0 Å². The lowest BCUT2D eigenvalue weighted by atomic mass is 9.43. The topological polar surface area (TPSA) is 80.7 Å².